The molecular formula is C14H13NO3S3. The first-order valence-corrected chi connectivity index (χ1v) is 9.20. The third kappa shape index (κ3) is 3.00. The van der Waals surface area contributed by atoms with Crippen molar-refractivity contribution >= 4 is 52.0 Å². The van der Waals surface area contributed by atoms with Gasteiger partial charge in [0, 0.05) is 10.6 Å². The molecule has 1 amide bonds. The summed E-state index contributed by atoms with van der Waals surface area (Å²) in [5.74, 6) is 1.50. The van der Waals surface area contributed by atoms with Crippen LogP contribution in [0.5, 0.6) is 0 Å². The minimum absolute atomic E-state index is 0.164. The molecule has 0 spiro atoms. The number of methoxy groups -OCH3 is 1. The quantitative estimate of drug-likeness (QED) is 0.868. The van der Waals surface area contributed by atoms with E-state index in [0.29, 0.717) is 15.4 Å². The average molecular weight is 339 g/mol. The first-order chi connectivity index (χ1) is 10.2. The van der Waals surface area contributed by atoms with E-state index in [4.69, 9.17) is 4.74 Å². The maximum absolute atomic E-state index is 12.3. The number of hydrogen-bond acceptors (Lipinski definition) is 6. The van der Waals surface area contributed by atoms with Crippen molar-refractivity contribution in [2.24, 2.45) is 0 Å². The molecule has 21 heavy (non-hydrogen) atoms. The number of fused-ring (bicyclic) bond motifs is 1. The van der Waals surface area contributed by atoms with Gasteiger partial charge in [0.1, 0.15) is 4.88 Å². The Balaban J connectivity index is 1.79. The van der Waals surface area contributed by atoms with Gasteiger partial charge in [-0.05, 0) is 35.2 Å². The normalized spacial score (nSPS) is 13.6. The number of nitrogens with one attached hydrogen (secondary N) is 1. The molecule has 3 heterocycles. The highest BCUT2D eigenvalue weighted by atomic mass is 32.2. The van der Waals surface area contributed by atoms with Gasteiger partial charge >= 0.3 is 5.97 Å². The molecule has 1 N–H and O–H groups in total. The van der Waals surface area contributed by atoms with Gasteiger partial charge in [-0.25, -0.2) is 4.79 Å². The Morgan fingerprint density at radius 1 is 1.38 bits per heavy atom. The lowest BCUT2D eigenvalue weighted by atomic mass is 10.2. The summed E-state index contributed by atoms with van der Waals surface area (Å²) < 4.78 is 4.71. The van der Waals surface area contributed by atoms with E-state index in [2.05, 4.69) is 5.32 Å². The number of rotatable bonds is 3. The third-order valence-corrected chi connectivity index (χ3v) is 6.27. The van der Waals surface area contributed by atoms with Gasteiger partial charge in [-0.15, -0.1) is 22.7 Å². The standard InChI is InChI=1S/C14H13NO3S3/c1-18-14(17)12-9(2-5-20-12)15-13(16)11-6-8-7-19-4-3-10(8)21-11/h2,5-6H,3-4,7H2,1H3,(H,15,16). The number of carbonyl (C=O) groups excluding carboxylic acids is 2. The summed E-state index contributed by atoms with van der Waals surface area (Å²) in [6.07, 6.45) is 1.03. The molecule has 0 radical (unpaired) electrons. The molecule has 2 aromatic heterocycles. The zero-order valence-electron chi connectivity index (χ0n) is 11.3. The van der Waals surface area contributed by atoms with Crippen molar-refractivity contribution in [3.8, 4) is 0 Å². The highest BCUT2D eigenvalue weighted by molar-refractivity contribution is 7.98. The van der Waals surface area contributed by atoms with Crippen molar-refractivity contribution in [2.75, 3.05) is 18.2 Å². The lowest BCUT2D eigenvalue weighted by molar-refractivity contribution is 0.0607. The van der Waals surface area contributed by atoms with Gasteiger partial charge in [-0.1, -0.05) is 0 Å². The Bertz CT molecular complexity index is 666. The molecule has 2 aromatic rings. The Kier molecular flexibility index (Phi) is 4.32. The van der Waals surface area contributed by atoms with Gasteiger partial charge in [0.25, 0.3) is 5.91 Å². The van der Waals surface area contributed by atoms with E-state index >= 15 is 0 Å². The smallest absolute Gasteiger partial charge is 0.350 e. The van der Waals surface area contributed by atoms with Crippen LogP contribution in [0.2, 0.25) is 0 Å². The first kappa shape index (κ1) is 14.6. The Morgan fingerprint density at radius 2 is 2.24 bits per heavy atom. The molecule has 0 unspecified atom stereocenters. The predicted octanol–water partition coefficient (Wildman–Crippen LogP) is 3.64. The van der Waals surface area contributed by atoms with Crippen molar-refractivity contribution < 1.29 is 14.3 Å². The van der Waals surface area contributed by atoms with E-state index in [1.54, 1.807) is 22.8 Å². The molecule has 1 aliphatic rings. The second-order valence-corrected chi connectivity index (χ2v) is 7.63. The summed E-state index contributed by atoms with van der Waals surface area (Å²) in [4.78, 5) is 26.4. The van der Waals surface area contributed by atoms with Gasteiger partial charge in [0.05, 0.1) is 17.7 Å². The third-order valence-electron chi connectivity index (χ3n) is 3.14. The highest BCUT2D eigenvalue weighted by Gasteiger charge is 2.20. The summed E-state index contributed by atoms with van der Waals surface area (Å²) in [5, 5.41) is 4.57. The summed E-state index contributed by atoms with van der Waals surface area (Å²) in [6.45, 7) is 0. The molecule has 1 aliphatic heterocycles. The van der Waals surface area contributed by atoms with Gasteiger partial charge in [-0.3, -0.25) is 4.79 Å². The van der Waals surface area contributed by atoms with Crippen molar-refractivity contribution in [3.63, 3.8) is 0 Å². The molecule has 7 heteroatoms. The van der Waals surface area contributed by atoms with Crippen molar-refractivity contribution in [1.29, 1.82) is 0 Å². The maximum Gasteiger partial charge on any atom is 0.350 e. The van der Waals surface area contributed by atoms with Crippen LogP contribution in [0.1, 0.15) is 29.8 Å². The monoisotopic (exact) mass is 339 g/mol. The van der Waals surface area contributed by atoms with Crippen molar-refractivity contribution in [3.05, 3.63) is 37.7 Å². The van der Waals surface area contributed by atoms with Crippen LogP contribution in [0, 0.1) is 0 Å². The van der Waals surface area contributed by atoms with E-state index < -0.39 is 5.97 Å². The molecule has 0 aliphatic carbocycles. The molecule has 0 aromatic carbocycles. The maximum atomic E-state index is 12.3. The second-order valence-electron chi connectivity index (χ2n) is 4.47. The number of ether oxygens (including phenoxy) is 1. The van der Waals surface area contributed by atoms with E-state index in [0.717, 1.165) is 17.9 Å². The number of aryl methyl sites for hydroxylation is 1. The summed E-state index contributed by atoms with van der Waals surface area (Å²) >= 11 is 4.70. The summed E-state index contributed by atoms with van der Waals surface area (Å²) in [5.41, 5.74) is 1.78. The van der Waals surface area contributed by atoms with Gasteiger partial charge in [-0.2, -0.15) is 11.8 Å². The minimum atomic E-state index is -0.429. The molecule has 3 rings (SSSR count). The van der Waals surface area contributed by atoms with Crippen LogP contribution in [0.25, 0.3) is 0 Å². The van der Waals surface area contributed by atoms with Crippen molar-refractivity contribution in [1.82, 2.24) is 0 Å². The number of carbonyl (C=O) groups is 2. The highest BCUT2D eigenvalue weighted by Crippen LogP contribution is 2.32. The minimum Gasteiger partial charge on any atom is -0.465 e. The van der Waals surface area contributed by atoms with Crippen LogP contribution in [-0.4, -0.2) is 24.7 Å². The summed E-state index contributed by atoms with van der Waals surface area (Å²) in [6, 6.07) is 3.68. The van der Waals surface area contributed by atoms with Crippen LogP contribution in [0.3, 0.4) is 0 Å². The molecule has 0 bridgehead atoms. The lowest BCUT2D eigenvalue weighted by Crippen LogP contribution is -2.12. The lowest BCUT2D eigenvalue weighted by Gasteiger charge is -2.08. The Labute approximate surface area is 134 Å². The topological polar surface area (TPSA) is 55.4 Å². The fraction of sp³-hybridized carbons (Fsp3) is 0.286. The Hall–Kier alpha value is -1.31. The molecule has 0 saturated carbocycles. The van der Waals surface area contributed by atoms with Crippen LogP contribution in [0.15, 0.2) is 17.5 Å². The second kappa shape index (κ2) is 6.21. The number of amides is 1. The number of anilines is 1. The van der Waals surface area contributed by atoms with E-state index in [1.165, 1.54) is 28.9 Å². The molecule has 0 fully saturated rings. The zero-order valence-corrected chi connectivity index (χ0v) is 13.8. The van der Waals surface area contributed by atoms with Crippen LogP contribution in [-0.2, 0) is 16.9 Å². The summed E-state index contributed by atoms with van der Waals surface area (Å²) in [7, 11) is 1.33. The molecule has 0 saturated heterocycles. The van der Waals surface area contributed by atoms with Crippen LogP contribution < -0.4 is 5.32 Å². The molecule has 110 valence electrons. The predicted molar refractivity (Wildman–Crippen MR) is 87.8 cm³/mol. The number of hydrogen-bond donors (Lipinski definition) is 1. The van der Waals surface area contributed by atoms with E-state index in [1.807, 2.05) is 17.8 Å². The number of esters is 1. The molecule has 4 nitrogen and oxygen atoms in total. The number of thioether (sulfide) groups is 1. The van der Waals surface area contributed by atoms with Gasteiger partial charge in [0.2, 0.25) is 0 Å². The van der Waals surface area contributed by atoms with Gasteiger partial charge in [0.15, 0.2) is 0 Å². The Morgan fingerprint density at radius 3 is 3.00 bits per heavy atom. The van der Waals surface area contributed by atoms with Crippen LogP contribution in [0.4, 0.5) is 5.69 Å². The zero-order chi connectivity index (χ0) is 14.8. The fourth-order valence-electron chi connectivity index (χ4n) is 2.10. The number of thiophene rings is 2. The molecular weight excluding hydrogens is 326 g/mol. The first-order valence-electron chi connectivity index (χ1n) is 6.35. The van der Waals surface area contributed by atoms with Crippen LogP contribution >= 0.6 is 34.4 Å². The average Bonchev–Trinajstić information content (AvgIpc) is 3.12. The van der Waals surface area contributed by atoms with E-state index in [-0.39, 0.29) is 5.91 Å². The van der Waals surface area contributed by atoms with Gasteiger partial charge < -0.3 is 10.1 Å². The fourth-order valence-corrected chi connectivity index (χ4v) is 5.13. The van der Waals surface area contributed by atoms with Crippen molar-refractivity contribution in [2.45, 2.75) is 12.2 Å². The van der Waals surface area contributed by atoms with E-state index in [9.17, 15) is 9.59 Å². The molecule has 0 atom stereocenters. The largest absolute Gasteiger partial charge is 0.465 e. The SMILES string of the molecule is COC(=O)c1sccc1NC(=O)c1cc2c(s1)CCSC2.